The third-order valence-corrected chi connectivity index (χ3v) is 3.42. The van der Waals surface area contributed by atoms with Crippen LogP contribution in [0.2, 0.25) is 0 Å². The van der Waals surface area contributed by atoms with E-state index in [1.165, 1.54) is 7.11 Å². The average Bonchev–Trinajstić information content (AvgIpc) is 2.84. The number of fused-ring (bicyclic) bond motifs is 1. The van der Waals surface area contributed by atoms with Gasteiger partial charge in [-0.2, -0.15) is 13.2 Å². The van der Waals surface area contributed by atoms with E-state index in [2.05, 4.69) is 9.97 Å². The van der Waals surface area contributed by atoms with E-state index in [-0.39, 0.29) is 5.82 Å². The van der Waals surface area contributed by atoms with Gasteiger partial charge in [-0.3, -0.25) is 0 Å². The number of aryl methyl sites for hydroxylation is 1. The standard InChI is InChI=1S/C16H14F3N3O/c1-10-7-8-13(23-2)14(20-10)15-21-11-5-3-4-6-12(11)22(15)9-16(17,18)19/h3-8H,9H2,1-2H3. The molecule has 0 spiro atoms. The number of para-hydroxylation sites is 2. The lowest BCUT2D eigenvalue weighted by molar-refractivity contribution is -0.139. The summed E-state index contributed by atoms with van der Waals surface area (Å²) in [7, 11) is 1.45. The quantitative estimate of drug-likeness (QED) is 0.732. The maximum Gasteiger partial charge on any atom is 0.406 e. The predicted molar refractivity (Wildman–Crippen MR) is 80.3 cm³/mol. The number of benzene rings is 1. The molecule has 0 fully saturated rings. The number of hydrogen-bond acceptors (Lipinski definition) is 3. The zero-order valence-electron chi connectivity index (χ0n) is 12.6. The Bertz CT molecular complexity index is 855. The van der Waals surface area contributed by atoms with Gasteiger partial charge < -0.3 is 9.30 Å². The first-order valence-corrected chi connectivity index (χ1v) is 6.93. The summed E-state index contributed by atoms with van der Waals surface area (Å²) in [6, 6.07) is 10.1. The van der Waals surface area contributed by atoms with Crippen molar-refractivity contribution in [1.82, 2.24) is 14.5 Å². The maximum atomic E-state index is 13.0. The number of rotatable bonds is 3. The molecule has 0 saturated carbocycles. The Morgan fingerprint density at radius 1 is 1.09 bits per heavy atom. The molecule has 0 aliphatic rings. The number of nitrogens with zero attached hydrogens (tertiary/aromatic N) is 3. The van der Waals surface area contributed by atoms with Crippen LogP contribution >= 0.6 is 0 Å². The molecule has 0 atom stereocenters. The van der Waals surface area contributed by atoms with Crippen molar-refractivity contribution in [2.24, 2.45) is 0 Å². The van der Waals surface area contributed by atoms with Crippen LogP contribution in [0.5, 0.6) is 5.75 Å². The van der Waals surface area contributed by atoms with Gasteiger partial charge in [-0.05, 0) is 31.2 Å². The summed E-state index contributed by atoms with van der Waals surface area (Å²) >= 11 is 0. The third kappa shape index (κ3) is 2.99. The molecule has 0 N–H and O–H groups in total. The number of methoxy groups -OCH3 is 1. The number of aromatic nitrogens is 3. The minimum absolute atomic E-state index is 0.143. The van der Waals surface area contributed by atoms with Gasteiger partial charge in [0.1, 0.15) is 18.0 Å². The smallest absolute Gasteiger partial charge is 0.406 e. The van der Waals surface area contributed by atoms with Crippen LogP contribution in [0.25, 0.3) is 22.6 Å². The summed E-state index contributed by atoms with van der Waals surface area (Å²) in [4.78, 5) is 8.66. The molecule has 0 aliphatic carbocycles. The molecule has 3 aromatic rings. The van der Waals surface area contributed by atoms with Crippen LogP contribution in [0.4, 0.5) is 13.2 Å². The fraction of sp³-hybridized carbons (Fsp3) is 0.250. The highest BCUT2D eigenvalue weighted by Gasteiger charge is 2.31. The molecule has 0 bridgehead atoms. The number of alkyl halides is 3. The Morgan fingerprint density at radius 2 is 1.83 bits per heavy atom. The van der Waals surface area contributed by atoms with Crippen LogP contribution in [-0.4, -0.2) is 27.8 Å². The molecule has 0 saturated heterocycles. The van der Waals surface area contributed by atoms with Crippen molar-refractivity contribution in [1.29, 1.82) is 0 Å². The van der Waals surface area contributed by atoms with Crippen molar-refractivity contribution in [2.45, 2.75) is 19.6 Å². The second-order valence-corrected chi connectivity index (χ2v) is 5.13. The lowest BCUT2D eigenvalue weighted by Gasteiger charge is -2.13. The summed E-state index contributed by atoms with van der Waals surface area (Å²) in [5.41, 5.74) is 1.86. The van der Waals surface area contributed by atoms with E-state index in [4.69, 9.17) is 4.74 Å². The van der Waals surface area contributed by atoms with Gasteiger partial charge in [-0.25, -0.2) is 9.97 Å². The minimum atomic E-state index is -4.37. The van der Waals surface area contributed by atoms with Crippen LogP contribution in [0, 0.1) is 6.92 Å². The van der Waals surface area contributed by atoms with Crippen molar-refractivity contribution >= 4 is 11.0 Å². The fourth-order valence-corrected chi connectivity index (χ4v) is 2.46. The first-order chi connectivity index (χ1) is 10.9. The van der Waals surface area contributed by atoms with E-state index >= 15 is 0 Å². The van der Waals surface area contributed by atoms with Gasteiger partial charge in [-0.15, -0.1) is 0 Å². The fourth-order valence-electron chi connectivity index (χ4n) is 2.46. The average molecular weight is 321 g/mol. The SMILES string of the molecule is COc1ccc(C)nc1-c1nc2ccccc2n1CC(F)(F)F. The normalized spacial score (nSPS) is 11.9. The van der Waals surface area contributed by atoms with E-state index in [1.807, 2.05) is 0 Å². The highest BCUT2D eigenvalue weighted by molar-refractivity contribution is 5.81. The van der Waals surface area contributed by atoms with Crippen molar-refractivity contribution in [3.8, 4) is 17.3 Å². The maximum absolute atomic E-state index is 13.0. The summed E-state index contributed by atoms with van der Waals surface area (Å²) in [5.74, 6) is 0.526. The lowest BCUT2D eigenvalue weighted by atomic mass is 10.2. The number of halogens is 3. The molecule has 3 rings (SSSR count). The van der Waals surface area contributed by atoms with E-state index < -0.39 is 12.7 Å². The van der Waals surface area contributed by atoms with Crippen LogP contribution in [0.1, 0.15) is 5.69 Å². The Labute approximate surface area is 130 Å². The Hall–Kier alpha value is -2.57. The molecular weight excluding hydrogens is 307 g/mol. The largest absolute Gasteiger partial charge is 0.494 e. The van der Waals surface area contributed by atoms with Crippen LogP contribution in [-0.2, 0) is 6.54 Å². The first kappa shape index (κ1) is 15.3. The summed E-state index contributed by atoms with van der Waals surface area (Å²) in [6.45, 7) is 0.626. The molecule has 7 heteroatoms. The van der Waals surface area contributed by atoms with Gasteiger partial charge in [0, 0.05) is 5.69 Å². The van der Waals surface area contributed by atoms with E-state index in [0.717, 1.165) is 4.57 Å². The van der Waals surface area contributed by atoms with Crippen LogP contribution < -0.4 is 4.74 Å². The summed E-state index contributed by atoms with van der Waals surface area (Å²) in [5, 5.41) is 0. The van der Waals surface area contributed by atoms with E-state index in [0.29, 0.717) is 28.2 Å². The van der Waals surface area contributed by atoms with Crippen molar-refractivity contribution < 1.29 is 17.9 Å². The Kier molecular flexibility index (Phi) is 3.71. The second kappa shape index (κ2) is 5.57. The van der Waals surface area contributed by atoms with Gasteiger partial charge in [0.15, 0.2) is 5.82 Å². The highest BCUT2D eigenvalue weighted by Crippen LogP contribution is 2.32. The molecule has 4 nitrogen and oxygen atoms in total. The molecule has 23 heavy (non-hydrogen) atoms. The van der Waals surface area contributed by atoms with Crippen LogP contribution in [0.15, 0.2) is 36.4 Å². The Morgan fingerprint density at radius 3 is 2.52 bits per heavy atom. The monoisotopic (exact) mass is 321 g/mol. The van der Waals surface area contributed by atoms with Crippen LogP contribution in [0.3, 0.4) is 0 Å². The van der Waals surface area contributed by atoms with Gasteiger partial charge in [-0.1, -0.05) is 12.1 Å². The molecule has 1 aromatic carbocycles. The molecule has 0 radical (unpaired) electrons. The molecule has 0 unspecified atom stereocenters. The van der Waals surface area contributed by atoms with Crippen molar-refractivity contribution in [3.05, 3.63) is 42.1 Å². The number of imidazole rings is 1. The van der Waals surface area contributed by atoms with E-state index in [1.54, 1.807) is 43.3 Å². The minimum Gasteiger partial charge on any atom is -0.494 e. The lowest BCUT2D eigenvalue weighted by Crippen LogP contribution is -2.18. The summed E-state index contributed by atoms with van der Waals surface area (Å²) in [6.07, 6.45) is -4.37. The van der Waals surface area contributed by atoms with Gasteiger partial charge in [0.05, 0.1) is 18.1 Å². The first-order valence-electron chi connectivity index (χ1n) is 6.93. The predicted octanol–water partition coefficient (Wildman–Crippen LogP) is 3.98. The Balaban J connectivity index is 2.29. The molecule has 0 amide bonds. The molecular formula is C16H14F3N3O. The molecule has 2 heterocycles. The number of ether oxygens (including phenoxy) is 1. The molecule has 0 aliphatic heterocycles. The number of pyridine rings is 1. The topological polar surface area (TPSA) is 39.9 Å². The third-order valence-electron chi connectivity index (χ3n) is 3.42. The van der Waals surface area contributed by atoms with Gasteiger partial charge >= 0.3 is 6.18 Å². The summed E-state index contributed by atoms with van der Waals surface area (Å²) < 4.78 is 45.4. The molecule has 120 valence electrons. The zero-order valence-corrected chi connectivity index (χ0v) is 12.6. The van der Waals surface area contributed by atoms with Gasteiger partial charge in [0.2, 0.25) is 0 Å². The van der Waals surface area contributed by atoms with Crippen molar-refractivity contribution in [2.75, 3.05) is 7.11 Å². The highest BCUT2D eigenvalue weighted by atomic mass is 19.4. The number of hydrogen-bond donors (Lipinski definition) is 0. The molecule has 2 aromatic heterocycles. The zero-order chi connectivity index (χ0) is 16.6. The van der Waals surface area contributed by atoms with Gasteiger partial charge in [0.25, 0.3) is 0 Å². The van der Waals surface area contributed by atoms with Crippen molar-refractivity contribution in [3.63, 3.8) is 0 Å². The van der Waals surface area contributed by atoms with E-state index in [9.17, 15) is 13.2 Å². The second-order valence-electron chi connectivity index (χ2n) is 5.13.